The lowest BCUT2D eigenvalue weighted by atomic mass is 10.1. The first-order chi connectivity index (χ1) is 12.1. The van der Waals surface area contributed by atoms with Crippen molar-refractivity contribution in [3.63, 3.8) is 0 Å². The first-order valence-electron chi connectivity index (χ1n) is 9.10. The fourth-order valence-electron chi connectivity index (χ4n) is 2.73. The van der Waals surface area contributed by atoms with Crippen molar-refractivity contribution >= 4 is 17.3 Å². The van der Waals surface area contributed by atoms with E-state index in [0.29, 0.717) is 6.04 Å². The van der Waals surface area contributed by atoms with Crippen LogP contribution < -0.4 is 10.6 Å². The minimum absolute atomic E-state index is 0.380. The van der Waals surface area contributed by atoms with Gasteiger partial charge in [0.05, 0.1) is 10.7 Å². The molecule has 0 spiro atoms. The van der Waals surface area contributed by atoms with E-state index in [-0.39, 0.29) is 0 Å². The van der Waals surface area contributed by atoms with Gasteiger partial charge in [-0.15, -0.1) is 11.3 Å². The van der Waals surface area contributed by atoms with Crippen molar-refractivity contribution in [3.8, 4) is 0 Å². The molecule has 4 nitrogen and oxygen atoms in total. The van der Waals surface area contributed by atoms with E-state index in [1.165, 1.54) is 10.4 Å². The van der Waals surface area contributed by atoms with Crippen LogP contribution in [0.5, 0.6) is 0 Å². The lowest BCUT2D eigenvalue weighted by Gasteiger charge is -2.18. The number of nitrogens with one attached hydrogen (secondary N) is 2. The minimum atomic E-state index is 0.380. The molecule has 0 fully saturated rings. The number of thiazole rings is 1. The second-order valence-electron chi connectivity index (χ2n) is 6.32. The van der Waals surface area contributed by atoms with Crippen LogP contribution in [0.2, 0.25) is 0 Å². The molecule has 2 aromatic rings. The fourth-order valence-corrected chi connectivity index (χ4v) is 3.65. The molecule has 0 aliphatic rings. The molecule has 2 rings (SSSR count). The zero-order chi connectivity index (χ0) is 18.1. The van der Waals surface area contributed by atoms with Gasteiger partial charge in [-0.05, 0) is 46.1 Å². The van der Waals surface area contributed by atoms with Crippen LogP contribution in [0.3, 0.4) is 0 Å². The maximum Gasteiger partial charge on any atom is 0.191 e. The molecule has 5 heteroatoms. The molecule has 1 unspecified atom stereocenters. The van der Waals surface area contributed by atoms with Gasteiger partial charge in [0, 0.05) is 30.4 Å². The number of hydrogen-bond donors (Lipinski definition) is 2. The Morgan fingerprint density at radius 2 is 1.96 bits per heavy atom. The summed E-state index contributed by atoms with van der Waals surface area (Å²) < 4.78 is 0. The molecule has 2 N–H and O–H groups in total. The van der Waals surface area contributed by atoms with Crippen LogP contribution >= 0.6 is 11.3 Å². The Morgan fingerprint density at radius 3 is 2.60 bits per heavy atom. The summed E-state index contributed by atoms with van der Waals surface area (Å²) in [5, 5.41) is 8.00. The number of aliphatic imine (C=N–C) groups is 1. The summed E-state index contributed by atoms with van der Waals surface area (Å²) in [5.41, 5.74) is 2.53. The van der Waals surface area contributed by atoms with E-state index in [1.54, 1.807) is 11.3 Å². The molecule has 1 heterocycles. The highest BCUT2D eigenvalue weighted by Gasteiger charge is 2.07. The van der Waals surface area contributed by atoms with Gasteiger partial charge < -0.3 is 10.6 Å². The van der Waals surface area contributed by atoms with Gasteiger partial charge in [-0.3, -0.25) is 4.99 Å². The summed E-state index contributed by atoms with van der Waals surface area (Å²) in [6.45, 7) is 10.1. The maximum atomic E-state index is 4.73. The molecule has 1 atom stereocenters. The van der Waals surface area contributed by atoms with Crippen LogP contribution in [-0.2, 0) is 12.8 Å². The van der Waals surface area contributed by atoms with E-state index < -0.39 is 0 Å². The SMILES string of the molecule is CCNC(=NCCc1sc(C)nc1C)NC(C)CCc1ccccc1. The largest absolute Gasteiger partial charge is 0.357 e. The monoisotopic (exact) mass is 358 g/mol. The van der Waals surface area contributed by atoms with Gasteiger partial charge in [-0.25, -0.2) is 4.98 Å². The molecule has 0 radical (unpaired) electrons. The van der Waals surface area contributed by atoms with Gasteiger partial charge in [0.15, 0.2) is 5.96 Å². The van der Waals surface area contributed by atoms with E-state index in [9.17, 15) is 0 Å². The summed E-state index contributed by atoms with van der Waals surface area (Å²) in [6.07, 6.45) is 3.11. The summed E-state index contributed by atoms with van der Waals surface area (Å²) in [7, 11) is 0. The van der Waals surface area contributed by atoms with Gasteiger partial charge in [0.2, 0.25) is 0 Å². The van der Waals surface area contributed by atoms with Crippen LogP contribution in [0.4, 0.5) is 0 Å². The fraction of sp³-hybridized carbons (Fsp3) is 0.500. The zero-order valence-electron chi connectivity index (χ0n) is 15.8. The third kappa shape index (κ3) is 6.86. The average Bonchev–Trinajstić information content (AvgIpc) is 2.91. The van der Waals surface area contributed by atoms with Crippen molar-refractivity contribution in [2.75, 3.05) is 13.1 Å². The van der Waals surface area contributed by atoms with Gasteiger partial charge in [-0.1, -0.05) is 30.3 Å². The summed E-state index contributed by atoms with van der Waals surface area (Å²) >= 11 is 1.78. The van der Waals surface area contributed by atoms with E-state index in [2.05, 4.69) is 73.6 Å². The minimum Gasteiger partial charge on any atom is -0.357 e. The zero-order valence-corrected chi connectivity index (χ0v) is 16.6. The first-order valence-corrected chi connectivity index (χ1v) is 9.91. The van der Waals surface area contributed by atoms with Gasteiger partial charge in [-0.2, -0.15) is 0 Å². The second-order valence-corrected chi connectivity index (χ2v) is 7.61. The highest BCUT2D eigenvalue weighted by atomic mass is 32.1. The molecule has 136 valence electrons. The van der Waals surface area contributed by atoms with Crippen LogP contribution in [0.15, 0.2) is 35.3 Å². The Balaban J connectivity index is 1.82. The molecule has 1 aromatic carbocycles. The van der Waals surface area contributed by atoms with Gasteiger partial charge in [0.1, 0.15) is 0 Å². The number of benzene rings is 1. The number of nitrogens with zero attached hydrogens (tertiary/aromatic N) is 2. The third-order valence-corrected chi connectivity index (χ3v) is 5.18. The first kappa shape index (κ1) is 19.4. The van der Waals surface area contributed by atoms with Crippen molar-refractivity contribution in [1.29, 1.82) is 0 Å². The number of aromatic nitrogens is 1. The third-order valence-electron chi connectivity index (χ3n) is 4.04. The van der Waals surface area contributed by atoms with Crippen molar-refractivity contribution < 1.29 is 0 Å². The molecule has 0 aliphatic heterocycles. The lowest BCUT2D eigenvalue weighted by Crippen LogP contribution is -2.42. The number of guanidine groups is 1. The lowest BCUT2D eigenvalue weighted by molar-refractivity contribution is 0.593. The van der Waals surface area contributed by atoms with Crippen LogP contribution in [0, 0.1) is 13.8 Å². The Kier molecular flexibility index (Phi) is 7.92. The molecule has 25 heavy (non-hydrogen) atoms. The van der Waals surface area contributed by atoms with Gasteiger partial charge in [0.25, 0.3) is 0 Å². The van der Waals surface area contributed by atoms with Crippen molar-refractivity contribution in [1.82, 2.24) is 15.6 Å². The van der Waals surface area contributed by atoms with E-state index >= 15 is 0 Å². The summed E-state index contributed by atoms with van der Waals surface area (Å²) in [6, 6.07) is 11.0. The molecule has 1 aromatic heterocycles. The number of aryl methyl sites for hydroxylation is 3. The maximum absolute atomic E-state index is 4.73. The van der Waals surface area contributed by atoms with E-state index in [1.807, 2.05) is 0 Å². The normalized spacial score (nSPS) is 12.9. The van der Waals surface area contributed by atoms with Crippen LogP contribution in [0.1, 0.15) is 41.4 Å². The average molecular weight is 359 g/mol. The highest BCUT2D eigenvalue weighted by Crippen LogP contribution is 2.17. The summed E-state index contributed by atoms with van der Waals surface area (Å²) in [4.78, 5) is 10.6. The number of hydrogen-bond acceptors (Lipinski definition) is 3. The topological polar surface area (TPSA) is 49.3 Å². The van der Waals surface area contributed by atoms with Crippen LogP contribution in [-0.4, -0.2) is 30.1 Å². The predicted octanol–water partition coefficient (Wildman–Crippen LogP) is 3.88. The molecular weight excluding hydrogens is 328 g/mol. The van der Waals surface area contributed by atoms with E-state index in [4.69, 9.17) is 4.99 Å². The smallest absolute Gasteiger partial charge is 0.191 e. The van der Waals surface area contributed by atoms with Crippen LogP contribution in [0.25, 0.3) is 0 Å². The number of rotatable bonds is 8. The van der Waals surface area contributed by atoms with Gasteiger partial charge >= 0.3 is 0 Å². The Morgan fingerprint density at radius 1 is 1.20 bits per heavy atom. The molecular formula is C20H30N4S. The Hall–Kier alpha value is -1.88. The van der Waals surface area contributed by atoms with Crippen molar-refractivity contribution in [3.05, 3.63) is 51.5 Å². The van der Waals surface area contributed by atoms with Crippen molar-refractivity contribution in [2.24, 2.45) is 4.99 Å². The standard InChI is InChI=1S/C20H30N4S/c1-5-21-20(22-14-13-19-16(3)24-17(4)25-19)23-15(2)11-12-18-9-7-6-8-10-18/h6-10,15H,5,11-14H2,1-4H3,(H2,21,22,23). The molecule has 0 saturated heterocycles. The molecule has 0 aliphatic carbocycles. The predicted molar refractivity (Wildman–Crippen MR) is 109 cm³/mol. The Labute approximate surface area is 155 Å². The van der Waals surface area contributed by atoms with Crippen molar-refractivity contribution in [2.45, 2.75) is 53.0 Å². The summed E-state index contributed by atoms with van der Waals surface area (Å²) in [5.74, 6) is 0.905. The Bertz CT molecular complexity index is 664. The molecule has 0 bridgehead atoms. The molecule has 0 saturated carbocycles. The van der Waals surface area contributed by atoms with E-state index in [0.717, 1.165) is 49.0 Å². The highest BCUT2D eigenvalue weighted by molar-refractivity contribution is 7.11. The quantitative estimate of drug-likeness (QED) is 0.556. The molecule has 0 amide bonds. The second kappa shape index (κ2) is 10.2.